The Morgan fingerprint density at radius 3 is 2.55 bits per heavy atom. The molecular formula is C24H31F3O4. The van der Waals surface area contributed by atoms with Crippen LogP contribution in [0.15, 0.2) is 29.9 Å². The monoisotopic (exact) mass is 440 g/mol. The summed E-state index contributed by atoms with van der Waals surface area (Å²) in [7, 11) is 0. The number of unbranched alkanes of at least 4 members (excludes halogenated alkanes) is 2. The van der Waals surface area contributed by atoms with Crippen LogP contribution in [0.25, 0.3) is 0 Å². The Morgan fingerprint density at radius 1 is 1.29 bits per heavy atom. The average molecular weight is 441 g/mol. The van der Waals surface area contributed by atoms with Crippen molar-refractivity contribution in [2.24, 2.45) is 5.92 Å². The second-order valence-corrected chi connectivity index (χ2v) is 8.37. The van der Waals surface area contributed by atoms with Gasteiger partial charge in [-0.2, -0.15) is 13.2 Å². The zero-order valence-corrected chi connectivity index (χ0v) is 18.3. The maximum absolute atomic E-state index is 12.6. The summed E-state index contributed by atoms with van der Waals surface area (Å²) in [5.41, 5.74) is 2.04. The van der Waals surface area contributed by atoms with Crippen LogP contribution in [-0.4, -0.2) is 29.0 Å². The fourth-order valence-electron chi connectivity index (χ4n) is 4.17. The molecule has 0 fully saturated rings. The van der Waals surface area contributed by atoms with Crippen LogP contribution in [0.2, 0.25) is 0 Å². The fourth-order valence-corrected chi connectivity index (χ4v) is 4.17. The van der Waals surface area contributed by atoms with E-state index in [0.717, 1.165) is 36.8 Å². The first-order valence-electron chi connectivity index (χ1n) is 10.6. The summed E-state index contributed by atoms with van der Waals surface area (Å²) in [6.07, 6.45) is 1.55. The van der Waals surface area contributed by atoms with Gasteiger partial charge in [-0.25, -0.2) is 4.79 Å². The Labute approximate surface area is 181 Å². The molecule has 0 saturated carbocycles. The molecule has 1 aliphatic rings. The first-order chi connectivity index (χ1) is 14.5. The Morgan fingerprint density at radius 2 is 1.97 bits per heavy atom. The van der Waals surface area contributed by atoms with Crippen LogP contribution < -0.4 is 0 Å². The number of allylic oxidation sites excluding steroid dienone is 3. The number of phenols is 2. The van der Waals surface area contributed by atoms with Crippen LogP contribution in [0.5, 0.6) is 11.5 Å². The number of phenolic OH excluding ortho intramolecular Hbond substituents is 2. The average Bonchev–Trinajstić information content (AvgIpc) is 2.65. The lowest BCUT2D eigenvalue weighted by Gasteiger charge is -2.32. The van der Waals surface area contributed by atoms with Crippen molar-refractivity contribution in [2.75, 3.05) is 6.61 Å². The number of alkyl halides is 3. The number of benzene rings is 1. The summed E-state index contributed by atoms with van der Waals surface area (Å²) in [6.45, 7) is 8.06. The van der Waals surface area contributed by atoms with Crippen molar-refractivity contribution < 1.29 is 32.9 Å². The summed E-state index contributed by atoms with van der Waals surface area (Å²) >= 11 is 0. The lowest BCUT2D eigenvalue weighted by molar-refractivity contribution is -0.161. The largest absolute Gasteiger partial charge is 0.507 e. The number of rotatable bonds is 8. The number of hydrogen-bond acceptors (Lipinski definition) is 4. The zero-order valence-electron chi connectivity index (χ0n) is 18.3. The Balaban J connectivity index is 2.58. The fraction of sp³-hybridized carbons (Fsp3) is 0.542. The highest BCUT2D eigenvalue weighted by atomic mass is 19.4. The summed E-state index contributed by atoms with van der Waals surface area (Å²) in [5, 5.41) is 21.8. The van der Waals surface area contributed by atoms with Gasteiger partial charge in [0, 0.05) is 11.5 Å². The lowest BCUT2D eigenvalue weighted by Crippen LogP contribution is -2.22. The number of carbonyl (C=O) groups excluding carboxylic acids is 1. The molecule has 7 heteroatoms. The molecule has 2 N–H and O–H groups in total. The van der Waals surface area contributed by atoms with Crippen molar-refractivity contribution >= 4 is 5.97 Å². The van der Waals surface area contributed by atoms with E-state index in [9.17, 15) is 28.2 Å². The van der Waals surface area contributed by atoms with Gasteiger partial charge in [-0.3, -0.25) is 0 Å². The Hall–Kier alpha value is -2.44. The molecule has 1 aromatic rings. The molecule has 0 aliphatic heterocycles. The third-order valence-electron chi connectivity index (χ3n) is 5.73. The third-order valence-corrected chi connectivity index (χ3v) is 5.73. The lowest BCUT2D eigenvalue weighted by atomic mass is 9.73. The molecule has 0 radical (unpaired) electrons. The van der Waals surface area contributed by atoms with Crippen LogP contribution in [0.4, 0.5) is 13.2 Å². The summed E-state index contributed by atoms with van der Waals surface area (Å²) in [4.78, 5) is 12.6. The molecule has 1 aromatic carbocycles. The van der Waals surface area contributed by atoms with Gasteiger partial charge < -0.3 is 14.9 Å². The molecule has 31 heavy (non-hydrogen) atoms. The van der Waals surface area contributed by atoms with Gasteiger partial charge in [-0.1, -0.05) is 43.6 Å². The maximum Gasteiger partial charge on any atom is 0.422 e. The molecule has 2 unspecified atom stereocenters. The van der Waals surface area contributed by atoms with E-state index < -0.39 is 30.4 Å². The Kier molecular flexibility index (Phi) is 8.21. The first-order valence-corrected chi connectivity index (χ1v) is 10.6. The number of hydrogen-bond donors (Lipinski definition) is 2. The molecule has 0 saturated heterocycles. The topological polar surface area (TPSA) is 66.8 Å². The van der Waals surface area contributed by atoms with E-state index in [1.165, 1.54) is 6.07 Å². The standard InChI is InChI=1S/C24H31F3O4/c1-5-6-7-8-16-12-19(28)21(18-11-15(4)9-10-17(18)14(2)3)22(29)20(16)23(30)31-13-24(25,26)27/h11-12,17-18,28-29H,2,5-10,13H2,1,3-4H3. The van der Waals surface area contributed by atoms with Crippen molar-refractivity contribution in [1.82, 2.24) is 0 Å². The molecule has 0 heterocycles. The SMILES string of the molecule is C=C(C)C1CCC(C)=CC1c1c(O)cc(CCCCC)c(C(=O)OCC(F)(F)F)c1O. The molecule has 172 valence electrons. The molecule has 0 amide bonds. The van der Waals surface area contributed by atoms with E-state index in [0.29, 0.717) is 12.8 Å². The van der Waals surface area contributed by atoms with E-state index in [2.05, 4.69) is 11.3 Å². The summed E-state index contributed by atoms with van der Waals surface area (Å²) in [5.74, 6) is -2.46. The van der Waals surface area contributed by atoms with Crippen molar-refractivity contribution in [3.63, 3.8) is 0 Å². The minimum Gasteiger partial charge on any atom is -0.507 e. The molecular weight excluding hydrogens is 409 g/mol. The second-order valence-electron chi connectivity index (χ2n) is 8.37. The first kappa shape index (κ1) is 24.8. The predicted molar refractivity (Wildman–Crippen MR) is 113 cm³/mol. The highest BCUT2D eigenvalue weighted by molar-refractivity contribution is 5.95. The van der Waals surface area contributed by atoms with E-state index in [-0.39, 0.29) is 28.4 Å². The van der Waals surface area contributed by atoms with Crippen molar-refractivity contribution in [3.8, 4) is 11.5 Å². The Bertz CT molecular complexity index is 855. The van der Waals surface area contributed by atoms with Gasteiger partial charge in [0.15, 0.2) is 6.61 Å². The highest BCUT2D eigenvalue weighted by Gasteiger charge is 2.35. The normalized spacial score (nSPS) is 19.1. The van der Waals surface area contributed by atoms with Crippen molar-refractivity contribution in [1.29, 1.82) is 0 Å². The van der Waals surface area contributed by atoms with Gasteiger partial charge in [-0.05, 0) is 57.1 Å². The molecule has 0 spiro atoms. The number of aromatic hydroxyl groups is 2. The molecule has 4 nitrogen and oxygen atoms in total. The summed E-state index contributed by atoms with van der Waals surface area (Å²) < 4.78 is 42.3. The van der Waals surface area contributed by atoms with Crippen molar-refractivity contribution in [3.05, 3.63) is 46.6 Å². The van der Waals surface area contributed by atoms with Crippen molar-refractivity contribution in [2.45, 2.75) is 71.4 Å². The predicted octanol–water partition coefficient (Wildman–Crippen LogP) is 6.57. The van der Waals surface area contributed by atoms with E-state index in [1.54, 1.807) is 0 Å². The number of aryl methyl sites for hydroxylation is 1. The molecule has 2 rings (SSSR count). The number of carbonyl (C=O) groups is 1. The maximum atomic E-state index is 12.6. The van der Waals surface area contributed by atoms with Gasteiger partial charge in [0.1, 0.15) is 17.1 Å². The summed E-state index contributed by atoms with van der Waals surface area (Å²) in [6, 6.07) is 1.38. The quantitative estimate of drug-likeness (QED) is 0.273. The van der Waals surface area contributed by atoms with Gasteiger partial charge in [-0.15, -0.1) is 0 Å². The van der Waals surface area contributed by atoms with E-state index >= 15 is 0 Å². The molecule has 2 atom stereocenters. The van der Waals surface area contributed by atoms with Gasteiger partial charge in [0.2, 0.25) is 0 Å². The molecule has 1 aliphatic carbocycles. The third kappa shape index (κ3) is 6.28. The van der Waals surface area contributed by atoms with Gasteiger partial charge >= 0.3 is 12.1 Å². The minimum absolute atomic E-state index is 0.0783. The number of ether oxygens (including phenoxy) is 1. The van der Waals surface area contributed by atoms with Crippen LogP contribution >= 0.6 is 0 Å². The number of esters is 1. The van der Waals surface area contributed by atoms with Gasteiger partial charge in [0.05, 0.1) is 0 Å². The molecule has 0 aromatic heterocycles. The zero-order chi connectivity index (χ0) is 23.3. The number of halogens is 3. The van der Waals surface area contributed by atoms with E-state index in [4.69, 9.17) is 0 Å². The van der Waals surface area contributed by atoms with Crippen LogP contribution in [-0.2, 0) is 11.2 Å². The van der Waals surface area contributed by atoms with E-state index in [1.807, 2.05) is 26.8 Å². The highest BCUT2D eigenvalue weighted by Crippen LogP contribution is 2.48. The van der Waals surface area contributed by atoms with Crippen LogP contribution in [0.3, 0.4) is 0 Å². The van der Waals surface area contributed by atoms with Crippen LogP contribution in [0.1, 0.15) is 80.3 Å². The second kappa shape index (κ2) is 10.2. The molecule has 0 bridgehead atoms. The smallest absolute Gasteiger partial charge is 0.422 e. The van der Waals surface area contributed by atoms with Gasteiger partial charge in [0.25, 0.3) is 0 Å². The minimum atomic E-state index is -4.68. The van der Waals surface area contributed by atoms with Crippen LogP contribution in [0, 0.1) is 5.92 Å².